The Morgan fingerprint density at radius 1 is 1.17 bits per heavy atom. The van der Waals surface area contributed by atoms with Crippen LogP contribution in [0.25, 0.3) is 10.9 Å². The summed E-state index contributed by atoms with van der Waals surface area (Å²) in [4.78, 5) is 4.53. The number of aliphatic hydroxyl groups is 1. The van der Waals surface area contributed by atoms with Crippen LogP contribution >= 0.6 is 0 Å². The maximum atomic E-state index is 10.4. The number of ether oxygens (including phenoxy) is 1. The first-order chi connectivity index (χ1) is 11.7. The molecule has 0 amide bonds. The quantitative estimate of drug-likeness (QED) is 0.777. The second-order valence-electron chi connectivity index (χ2n) is 6.24. The number of fused-ring (bicyclic) bond motifs is 2. The minimum Gasteiger partial charge on any atom is -0.490 e. The van der Waals surface area contributed by atoms with E-state index in [4.69, 9.17) is 4.74 Å². The first kappa shape index (κ1) is 15.1. The zero-order valence-electron chi connectivity index (χ0n) is 13.5. The highest BCUT2D eigenvalue weighted by molar-refractivity contribution is 5.78. The van der Waals surface area contributed by atoms with Crippen molar-refractivity contribution in [2.24, 2.45) is 0 Å². The van der Waals surface area contributed by atoms with E-state index in [-0.39, 0.29) is 12.1 Å². The highest BCUT2D eigenvalue weighted by atomic mass is 16.5. The third-order valence-electron chi connectivity index (χ3n) is 4.59. The Labute approximate surface area is 141 Å². The van der Waals surface area contributed by atoms with Gasteiger partial charge in [-0.3, -0.25) is 4.98 Å². The summed E-state index contributed by atoms with van der Waals surface area (Å²) >= 11 is 0. The molecule has 2 N–H and O–H groups in total. The number of nitrogens with zero attached hydrogens (tertiary/aromatic N) is 1. The van der Waals surface area contributed by atoms with E-state index in [0.29, 0.717) is 6.61 Å². The van der Waals surface area contributed by atoms with Gasteiger partial charge in [-0.1, -0.05) is 36.4 Å². The second-order valence-corrected chi connectivity index (χ2v) is 6.24. The summed E-state index contributed by atoms with van der Waals surface area (Å²) in [5.41, 5.74) is 3.09. The van der Waals surface area contributed by atoms with Crippen LogP contribution in [-0.2, 0) is 0 Å². The molecule has 122 valence electrons. The van der Waals surface area contributed by atoms with Crippen LogP contribution in [0.3, 0.4) is 0 Å². The molecule has 4 heteroatoms. The molecule has 4 rings (SSSR count). The van der Waals surface area contributed by atoms with Gasteiger partial charge >= 0.3 is 0 Å². The Morgan fingerprint density at radius 2 is 1.96 bits per heavy atom. The van der Waals surface area contributed by atoms with E-state index in [0.717, 1.165) is 27.8 Å². The van der Waals surface area contributed by atoms with Gasteiger partial charge in [-0.2, -0.15) is 0 Å². The van der Waals surface area contributed by atoms with E-state index in [2.05, 4.69) is 29.4 Å². The summed E-state index contributed by atoms with van der Waals surface area (Å²) in [6.07, 6.45) is 1.33. The number of aromatic nitrogens is 1. The molecule has 0 radical (unpaired) electrons. The molecule has 1 aromatic heterocycles. The lowest BCUT2D eigenvalue weighted by Gasteiger charge is -2.33. The van der Waals surface area contributed by atoms with Crippen LogP contribution in [0.1, 0.15) is 30.1 Å². The fraction of sp³-hybridized carbons (Fsp3) is 0.250. The molecule has 4 nitrogen and oxygen atoms in total. The summed E-state index contributed by atoms with van der Waals surface area (Å²) in [7, 11) is 0. The van der Waals surface area contributed by atoms with Crippen LogP contribution < -0.4 is 10.1 Å². The average molecular weight is 320 g/mol. The number of hydrogen-bond donors (Lipinski definition) is 2. The number of pyridine rings is 1. The lowest BCUT2D eigenvalue weighted by atomic mass is 9.96. The number of nitrogens with one attached hydrogen (secondary N) is 1. The van der Waals surface area contributed by atoms with Crippen LogP contribution in [-0.4, -0.2) is 22.8 Å². The molecule has 1 aliphatic rings. The molecule has 0 spiro atoms. The van der Waals surface area contributed by atoms with Crippen molar-refractivity contribution in [3.05, 3.63) is 71.9 Å². The van der Waals surface area contributed by atoms with E-state index >= 15 is 0 Å². The third-order valence-corrected chi connectivity index (χ3v) is 4.59. The summed E-state index contributed by atoms with van der Waals surface area (Å²) < 4.78 is 5.61. The highest BCUT2D eigenvalue weighted by Gasteiger charge is 2.30. The van der Waals surface area contributed by atoms with Gasteiger partial charge in [0.1, 0.15) is 18.5 Å². The second kappa shape index (κ2) is 6.23. The van der Waals surface area contributed by atoms with Crippen molar-refractivity contribution >= 4 is 10.9 Å². The van der Waals surface area contributed by atoms with Crippen LogP contribution in [0.15, 0.2) is 60.8 Å². The molecular formula is C20H20N2O2. The zero-order valence-corrected chi connectivity index (χ0v) is 13.5. The van der Waals surface area contributed by atoms with E-state index in [1.807, 2.05) is 48.7 Å². The lowest BCUT2D eigenvalue weighted by molar-refractivity contribution is 0.0514. The number of benzene rings is 2. The molecule has 3 aromatic rings. The van der Waals surface area contributed by atoms with E-state index in [9.17, 15) is 5.11 Å². The number of aliphatic hydroxyl groups excluding tert-OH is 1. The van der Waals surface area contributed by atoms with Crippen LogP contribution in [0.5, 0.6) is 5.75 Å². The molecule has 2 aromatic carbocycles. The first-order valence-electron chi connectivity index (χ1n) is 8.23. The van der Waals surface area contributed by atoms with Crippen molar-refractivity contribution in [1.82, 2.24) is 10.3 Å². The molecular weight excluding hydrogens is 300 g/mol. The summed E-state index contributed by atoms with van der Waals surface area (Å²) in [6, 6.07) is 18.0. The largest absolute Gasteiger partial charge is 0.490 e. The Hall–Kier alpha value is -2.43. The number of rotatable bonds is 3. The molecule has 1 unspecified atom stereocenters. The maximum Gasteiger partial charge on any atom is 0.124 e. The van der Waals surface area contributed by atoms with Crippen LogP contribution in [0.2, 0.25) is 0 Å². The van der Waals surface area contributed by atoms with Gasteiger partial charge in [0.25, 0.3) is 0 Å². The van der Waals surface area contributed by atoms with Gasteiger partial charge in [0.15, 0.2) is 0 Å². The monoisotopic (exact) mass is 320 g/mol. The Kier molecular flexibility index (Phi) is 3.92. The van der Waals surface area contributed by atoms with E-state index < -0.39 is 6.10 Å². The molecule has 0 saturated carbocycles. The van der Waals surface area contributed by atoms with Crippen molar-refractivity contribution in [2.75, 3.05) is 6.61 Å². The molecule has 1 aliphatic heterocycles. The normalized spacial score (nSPS) is 21.1. The predicted octanol–water partition coefficient (Wildman–Crippen LogP) is 3.38. The minimum atomic E-state index is -0.573. The van der Waals surface area contributed by atoms with E-state index in [1.54, 1.807) is 0 Å². The van der Waals surface area contributed by atoms with Crippen LogP contribution in [0.4, 0.5) is 0 Å². The molecule has 3 atom stereocenters. The fourth-order valence-electron chi connectivity index (χ4n) is 3.24. The summed E-state index contributed by atoms with van der Waals surface area (Å²) in [5, 5.41) is 15.0. The predicted molar refractivity (Wildman–Crippen MR) is 94.0 cm³/mol. The topological polar surface area (TPSA) is 54.4 Å². The summed E-state index contributed by atoms with van der Waals surface area (Å²) in [5.74, 6) is 0.837. The van der Waals surface area contributed by atoms with Crippen LogP contribution in [0, 0.1) is 0 Å². The van der Waals surface area contributed by atoms with Gasteiger partial charge in [0, 0.05) is 23.2 Å². The molecule has 0 aliphatic carbocycles. The number of para-hydroxylation sites is 2. The van der Waals surface area contributed by atoms with Crippen molar-refractivity contribution < 1.29 is 9.84 Å². The Morgan fingerprint density at radius 3 is 2.88 bits per heavy atom. The first-order valence-corrected chi connectivity index (χ1v) is 8.23. The molecule has 0 fully saturated rings. The maximum absolute atomic E-state index is 10.4. The van der Waals surface area contributed by atoms with Gasteiger partial charge in [-0.05, 0) is 30.7 Å². The van der Waals surface area contributed by atoms with Crippen molar-refractivity contribution in [3.63, 3.8) is 0 Å². The zero-order chi connectivity index (χ0) is 16.5. The fourth-order valence-corrected chi connectivity index (χ4v) is 3.24. The molecule has 2 heterocycles. The van der Waals surface area contributed by atoms with Gasteiger partial charge in [-0.15, -0.1) is 0 Å². The highest BCUT2D eigenvalue weighted by Crippen LogP contribution is 2.33. The van der Waals surface area contributed by atoms with Crippen molar-refractivity contribution in [1.29, 1.82) is 0 Å². The smallest absolute Gasteiger partial charge is 0.124 e. The van der Waals surface area contributed by atoms with Crippen molar-refractivity contribution in [2.45, 2.75) is 25.1 Å². The third kappa shape index (κ3) is 2.75. The average Bonchev–Trinajstić information content (AvgIpc) is 2.63. The standard InChI is InChI=1S/C20H20N2O2/c1-13(15-10-14-6-2-4-8-17(14)21-11-15)22-20-16-7-3-5-9-19(16)24-12-18(20)23/h2-11,13,18,20,22-23H,12H2,1H3/t13?,18-,20+/m1/s1. The SMILES string of the molecule is CC(N[C@H]1c2ccccc2OC[C@H]1O)c1cnc2ccccc2c1. The van der Waals surface area contributed by atoms with Gasteiger partial charge in [0.05, 0.1) is 11.6 Å². The summed E-state index contributed by atoms with van der Waals surface area (Å²) in [6.45, 7) is 2.40. The van der Waals surface area contributed by atoms with Gasteiger partial charge in [-0.25, -0.2) is 0 Å². The number of hydrogen-bond acceptors (Lipinski definition) is 4. The van der Waals surface area contributed by atoms with Gasteiger partial charge in [0.2, 0.25) is 0 Å². The molecule has 24 heavy (non-hydrogen) atoms. The minimum absolute atomic E-state index is 0.0629. The Balaban J connectivity index is 1.62. The molecule has 0 bridgehead atoms. The lowest BCUT2D eigenvalue weighted by Crippen LogP contribution is -2.40. The van der Waals surface area contributed by atoms with E-state index in [1.165, 1.54) is 0 Å². The molecule has 0 saturated heterocycles. The van der Waals surface area contributed by atoms with Gasteiger partial charge < -0.3 is 15.2 Å². The van der Waals surface area contributed by atoms with Crippen molar-refractivity contribution in [3.8, 4) is 5.75 Å². The Bertz CT molecular complexity index is 865.